The summed E-state index contributed by atoms with van der Waals surface area (Å²) in [5.41, 5.74) is 0.373. The van der Waals surface area contributed by atoms with Gasteiger partial charge in [-0.1, -0.05) is 93.3 Å². The van der Waals surface area contributed by atoms with Crippen molar-refractivity contribution in [2.24, 2.45) is 11.8 Å². The average Bonchev–Trinajstić information content (AvgIpc) is 3.32. The lowest BCUT2D eigenvalue weighted by molar-refractivity contribution is -0.333. The summed E-state index contributed by atoms with van der Waals surface area (Å²) in [7, 11) is 1.27. The van der Waals surface area contributed by atoms with Gasteiger partial charge in [0, 0.05) is 19.4 Å². The number of aliphatic hydroxyl groups excluding tert-OH is 5. The van der Waals surface area contributed by atoms with Gasteiger partial charge in [0.15, 0.2) is 36.3 Å². The number of carbonyl (C=O) groups excluding carboxylic acids is 3. The Balaban J connectivity index is 1.61. The predicted molar refractivity (Wildman–Crippen MR) is 270 cm³/mol. The highest BCUT2D eigenvalue weighted by molar-refractivity contribution is 6.39. The molecule has 0 aliphatic carbocycles. The zero-order valence-electron chi connectivity index (χ0n) is 43.7. The van der Waals surface area contributed by atoms with Crippen molar-refractivity contribution in [1.82, 2.24) is 0 Å². The molecule has 18 nitrogen and oxygen atoms in total. The number of aromatic hydroxyl groups is 2. The number of halogens is 2. The van der Waals surface area contributed by atoms with Gasteiger partial charge in [0.1, 0.15) is 46.7 Å². The van der Waals surface area contributed by atoms with Crippen LogP contribution in [0.3, 0.4) is 0 Å². The Morgan fingerprint density at radius 2 is 1.58 bits per heavy atom. The van der Waals surface area contributed by atoms with Crippen LogP contribution in [0.2, 0.25) is 10.0 Å². The number of methoxy groups -OCH3 is 1. The number of ether oxygens (including phenoxy) is 8. The maximum atomic E-state index is 14.0. The van der Waals surface area contributed by atoms with Gasteiger partial charge >= 0.3 is 17.9 Å². The molecule has 14 atom stereocenters. The number of rotatable bonds is 14. The molecule has 0 saturated carbocycles. The molecule has 1 aromatic rings. The Morgan fingerprint density at radius 1 is 0.904 bits per heavy atom. The van der Waals surface area contributed by atoms with Crippen molar-refractivity contribution in [1.29, 1.82) is 0 Å². The van der Waals surface area contributed by atoms with Crippen LogP contribution in [0, 0.1) is 11.8 Å². The number of cyclic esters (lactones) is 1. The molecule has 20 heteroatoms. The second-order valence-corrected chi connectivity index (χ2v) is 20.5. The van der Waals surface area contributed by atoms with Gasteiger partial charge in [-0.05, 0) is 90.5 Å². The number of hydrogen-bond donors (Lipinski definition) is 7. The van der Waals surface area contributed by atoms with E-state index in [4.69, 9.17) is 61.1 Å². The highest BCUT2D eigenvalue weighted by atomic mass is 35.5. The van der Waals surface area contributed by atoms with Crippen LogP contribution in [0.4, 0.5) is 0 Å². The van der Waals surface area contributed by atoms with E-state index < -0.39 is 138 Å². The van der Waals surface area contributed by atoms with Crippen LogP contribution >= 0.6 is 23.2 Å². The molecule has 4 rings (SSSR count). The lowest BCUT2D eigenvalue weighted by Crippen LogP contribution is -2.64. The van der Waals surface area contributed by atoms with E-state index in [1.807, 2.05) is 32.9 Å². The van der Waals surface area contributed by atoms with E-state index in [0.29, 0.717) is 29.6 Å². The van der Waals surface area contributed by atoms with E-state index in [0.717, 1.165) is 0 Å². The summed E-state index contributed by atoms with van der Waals surface area (Å²) in [4.78, 5) is 40.1. The fourth-order valence-electron chi connectivity index (χ4n) is 8.75. The van der Waals surface area contributed by atoms with Gasteiger partial charge < -0.3 is 73.6 Å². The maximum Gasteiger partial charge on any atom is 0.342 e. The molecule has 2 fully saturated rings. The monoisotopic (exact) mass is 1070 g/mol. The van der Waals surface area contributed by atoms with Crippen molar-refractivity contribution >= 4 is 41.1 Å². The van der Waals surface area contributed by atoms with Crippen molar-refractivity contribution in [3.63, 3.8) is 0 Å². The van der Waals surface area contributed by atoms with Crippen LogP contribution < -0.4 is 0 Å². The summed E-state index contributed by atoms with van der Waals surface area (Å²) in [6.07, 6.45) is -4.90. The number of phenolic OH excluding ortho intramolecular Hbond substituents is 2. The lowest BCUT2D eigenvalue weighted by Gasteiger charge is -2.47. The van der Waals surface area contributed by atoms with E-state index in [9.17, 15) is 50.1 Å². The van der Waals surface area contributed by atoms with Crippen LogP contribution in [0.15, 0.2) is 58.7 Å². The minimum absolute atomic E-state index is 0.0359. The highest BCUT2D eigenvalue weighted by Crippen LogP contribution is 2.45. The zero-order chi connectivity index (χ0) is 54.8. The van der Waals surface area contributed by atoms with Crippen molar-refractivity contribution in [2.75, 3.05) is 13.7 Å². The number of carbonyl (C=O) groups is 3. The Hall–Kier alpha value is -3.89. The SMILES string of the molecule is CCCc1c(Cl)c(O)c(Cl)c(O)c1C(=O)O[C@H]1[C@H](O)[C@H](OC)[C@H](OC/C2=C\C=C\C[C@H](O)/C(C)=C/[C@H](CC)[C@@H](O[C@@H]3OC(C)(C)[C@@H](OC(=O)C(C)C)[C@H](O)[C@@H]3O)/C(C)=C/C(C)=C/C[C@@H]([C@@H](C)O)OC2=O)O[C@@H]1C. The van der Waals surface area contributed by atoms with Gasteiger partial charge in [-0.15, -0.1) is 0 Å². The predicted octanol–water partition coefficient (Wildman–Crippen LogP) is 6.62. The Morgan fingerprint density at radius 3 is 2.18 bits per heavy atom. The maximum absolute atomic E-state index is 14.0. The van der Waals surface area contributed by atoms with Crippen LogP contribution in [0.1, 0.15) is 118 Å². The average molecular weight is 1070 g/mol. The van der Waals surface area contributed by atoms with E-state index >= 15 is 0 Å². The normalized spacial score (nSPS) is 34.5. The third-order valence-corrected chi connectivity index (χ3v) is 13.9. The minimum Gasteiger partial charge on any atom is -0.505 e. The van der Waals surface area contributed by atoms with E-state index in [-0.39, 0.29) is 41.0 Å². The van der Waals surface area contributed by atoms with Crippen molar-refractivity contribution in [2.45, 2.75) is 194 Å². The van der Waals surface area contributed by atoms with Crippen LogP contribution in [0.25, 0.3) is 0 Å². The lowest BCUT2D eigenvalue weighted by atomic mass is 9.88. The van der Waals surface area contributed by atoms with Gasteiger partial charge in [-0.25, -0.2) is 9.59 Å². The molecule has 0 aromatic heterocycles. The zero-order valence-corrected chi connectivity index (χ0v) is 45.3. The third-order valence-electron chi connectivity index (χ3n) is 13.1. The summed E-state index contributed by atoms with van der Waals surface area (Å²) in [6.45, 7) is 18.2. The second kappa shape index (κ2) is 27.2. The molecule has 0 bridgehead atoms. The van der Waals surface area contributed by atoms with Gasteiger partial charge in [-0.2, -0.15) is 0 Å². The molecule has 410 valence electrons. The summed E-state index contributed by atoms with van der Waals surface area (Å²) in [6, 6.07) is 0. The molecule has 1 aromatic carbocycles. The first kappa shape index (κ1) is 61.7. The number of allylic oxidation sites excluding steroid dienone is 4. The third kappa shape index (κ3) is 15.4. The Bertz CT molecular complexity index is 2230. The van der Waals surface area contributed by atoms with Crippen molar-refractivity contribution in [3.05, 3.63) is 79.9 Å². The number of hydrogen-bond acceptors (Lipinski definition) is 18. The smallest absolute Gasteiger partial charge is 0.342 e. The molecule has 73 heavy (non-hydrogen) atoms. The molecule has 2 saturated heterocycles. The molecule has 3 aliphatic heterocycles. The molecule has 3 heterocycles. The summed E-state index contributed by atoms with van der Waals surface area (Å²) in [5, 5.41) is 76.8. The first-order chi connectivity index (χ1) is 34.2. The molecule has 0 spiro atoms. The van der Waals surface area contributed by atoms with Gasteiger partial charge in [0.2, 0.25) is 0 Å². The quantitative estimate of drug-likeness (QED) is 0.0586. The largest absolute Gasteiger partial charge is 0.505 e. The van der Waals surface area contributed by atoms with E-state index in [2.05, 4.69) is 0 Å². The molecule has 0 radical (unpaired) electrons. The number of phenols is 2. The van der Waals surface area contributed by atoms with E-state index in [1.54, 1.807) is 53.7 Å². The summed E-state index contributed by atoms with van der Waals surface area (Å²) >= 11 is 12.4. The van der Waals surface area contributed by atoms with Gasteiger partial charge in [-0.3, -0.25) is 4.79 Å². The van der Waals surface area contributed by atoms with Crippen molar-refractivity contribution in [3.8, 4) is 11.5 Å². The summed E-state index contributed by atoms with van der Waals surface area (Å²) in [5.74, 6) is -4.75. The minimum atomic E-state index is -1.61. The number of benzene rings is 1. The molecule has 3 aliphatic rings. The second-order valence-electron chi connectivity index (χ2n) is 19.8. The van der Waals surface area contributed by atoms with Crippen LogP contribution in [0.5, 0.6) is 11.5 Å². The highest BCUT2D eigenvalue weighted by Gasteiger charge is 2.53. The Kier molecular flexibility index (Phi) is 23.0. The molecule has 7 N–H and O–H groups in total. The van der Waals surface area contributed by atoms with Gasteiger partial charge in [0.05, 0.1) is 47.5 Å². The topological polar surface area (TPSA) is 267 Å². The first-order valence-corrected chi connectivity index (χ1v) is 25.4. The molecular formula is C53H76Cl2O18. The molecular weight excluding hydrogens is 995 g/mol. The summed E-state index contributed by atoms with van der Waals surface area (Å²) < 4.78 is 47.6. The Labute approximate surface area is 438 Å². The van der Waals surface area contributed by atoms with Gasteiger partial charge in [0.25, 0.3) is 0 Å². The van der Waals surface area contributed by atoms with Crippen LogP contribution in [-0.2, 0) is 53.9 Å². The molecule has 0 amide bonds. The molecule has 0 unspecified atom stereocenters. The fraction of sp³-hybridized carbons (Fsp3) is 0.642. The van der Waals surface area contributed by atoms with Crippen molar-refractivity contribution < 1.29 is 88.0 Å². The van der Waals surface area contributed by atoms with E-state index in [1.165, 1.54) is 33.1 Å². The fourth-order valence-corrected chi connectivity index (χ4v) is 9.27. The first-order valence-electron chi connectivity index (χ1n) is 24.7. The number of esters is 3. The van der Waals surface area contributed by atoms with Crippen LogP contribution in [-0.4, -0.2) is 153 Å². The number of aliphatic hydroxyl groups is 5. The standard InChI is InChI=1S/C53H76Cl2O18/c1-13-17-33-36(39(58)38(55)40(59)37(33)54)50(65)70-45-30(9)68-52(46(66-12)43(45)62)67-24-32-18-15-16-19-34(57)27(6)23-31(14-2)44(28(7)22-26(5)20-21-35(29(8)56)69-49(32)64)71-51-42(61)41(60)47(53(10,11)73-51)72-48(63)25(3)4/h15-16,18,20,22-23,25,29-31,34-35,41-47,51-52,56-62H,13-14,17,19,21,24H2,1-12H3/b16-15+,26-20+,27-23+,28-22+,32-18+/t29-,30-,31+,34+,35+,41-,42+,43+,44+,45-,46+,47+,51-,52-/m1/s1.